The van der Waals surface area contributed by atoms with E-state index in [0.29, 0.717) is 43.9 Å². The normalized spacial score (nSPS) is 16.5. The summed E-state index contributed by atoms with van der Waals surface area (Å²) in [5.74, 6) is -0.0766. The van der Waals surface area contributed by atoms with E-state index in [1.54, 1.807) is 0 Å². The molecule has 6 nitrogen and oxygen atoms in total. The van der Waals surface area contributed by atoms with E-state index >= 15 is 0 Å². The van der Waals surface area contributed by atoms with Gasteiger partial charge in [-0.05, 0) is 77.0 Å². The summed E-state index contributed by atoms with van der Waals surface area (Å²) in [6.45, 7) is 2.55. The van der Waals surface area contributed by atoms with Gasteiger partial charge in [-0.25, -0.2) is 4.79 Å². The standard InChI is InChI=1S/C35H54N2O4S2/c1-2-3-4-5-6-7-8-9-10-11-12-13-14-15-16-17-18-19-20-26-33(38)36-29-23-25-32(35(40)41)37-34(39)27-22-21-24-31-28-30-42-43-31/h3-4,6-7,9-10,12-13,15-16,18-19,31-32H,2,5,8,11,14,17,20-30H2,1H3,(H,36,38)(H,37,39)(H,40,41)/t31-,32+/m1/s1. The van der Waals surface area contributed by atoms with Gasteiger partial charge in [-0.3, -0.25) is 9.59 Å². The van der Waals surface area contributed by atoms with Crippen LogP contribution in [0.15, 0.2) is 72.9 Å². The first-order chi connectivity index (χ1) is 21.0. The third-order valence-electron chi connectivity index (χ3n) is 6.67. The Labute approximate surface area is 268 Å². The lowest BCUT2D eigenvalue weighted by Crippen LogP contribution is -2.41. The molecule has 1 aliphatic rings. The van der Waals surface area contributed by atoms with Gasteiger partial charge in [0.05, 0.1) is 0 Å². The van der Waals surface area contributed by atoms with Gasteiger partial charge in [-0.1, -0.05) is 108 Å². The lowest BCUT2D eigenvalue weighted by molar-refractivity contribution is -0.142. The molecule has 1 heterocycles. The number of carbonyl (C=O) groups is 3. The molecule has 0 bridgehead atoms. The number of allylic oxidation sites excluding steroid dienone is 12. The van der Waals surface area contributed by atoms with Crippen molar-refractivity contribution in [2.45, 2.75) is 115 Å². The second kappa shape index (κ2) is 28.3. The number of carbonyl (C=O) groups excluding carboxylic acids is 2. The van der Waals surface area contributed by atoms with E-state index in [-0.39, 0.29) is 11.8 Å². The fraction of sp³-hybridized carbons (Fsp3) is 0.571. The second-order valence-corrected chi connectivity index (χ2v) is 13.3. The molecule has 240 valence electrons. The van der Waals surface area contributed by atoms with Crippen molar-refractivity contribution in [3.8, 4) is 0 Å². The number of hydrogen-bond donors (Lipinski definition) is 3. The van der Waals surface area contributed by atoms with Crippen LogP contribution in [-0.4, -0.2) is 46.5 Å². The van der Waals surface area contributed by atoms with E-state index in [2.05, 4.69) is 84.4 Å². The van der Waals surface area contributed by atoms with Crippen LogP contribution in [0.2, 0.25) is 0 Å². The lowest BCUT2D eigenvalue weighted by atomic mass is 10.1. The molecule has 0 unspecified atom stereocenters. The maximum atomic E-state index is 12.2. The quantitative estimate of drug-likeness (QED) is 0.0531. The van der Waals surface area contributed by atoms with E-state index in [4.69, 9.17) is 0 Å². The van der Waals surface area contributed by atoms with Crippen LogP contribution in [0.5, 0.6) is 0 Å². The number of hydrogen-bond acceptors (Lipinski definition) is 5. The average Bonchev–Trinajstić information content (AvgIpc) is 3.51. The first-order valence-electron chi connectivity index (χ1n) is 16.0. The number of carboxylic acids is 1. The summed E-state index contributed by atoms with van der Waals surface area (Å²) >= 11 is 0. The maximum absolute atomic E-state index is 12.2. The summed E-state index contributed by atoms with van der Waals surface area (Å²) in [5, 5.41) is 15.6. The first-order valence-corrected chi connectivity index (χ1v) is 18.4. The van der Waals surface area contributed by atoms with Crippen LogP contribution in [-0.2, 0) is 14.4 Å². The molecule has 1 aliphatic heterocycles. The van der Waals surface area contributed by atoms with Crippen LogP contribution < -0.4 is 10.6 Å². The van der Waals surface area contributed by atoms with Crippen LogP contribution in [0.4, 0.5) is 0 Å². The monoisotopic (exact) mass is 630 g/mol. The number of rotatable bonds is 25. The van der Waals surface area contributed by atoms with Crippen molar-refractivity contribution in [1.29, 1.82) is 0 Å². The molecule has 0 spiro atoms. The maximum Gasteiger partial charge on any atom is 0.326 e. The molecule has 0 aromatic rings. The van der Waals surface area contributed by atoms with Gasteiger partial charge in [-0.15, -0.1) is 0 Å². The Kier molecular flexibility index (Phi) is 25.4. The van der Waals surface area contributed by atoms with Crippen molar-refractivity contribution in [1.82, 2.24) is 10.6 Å². The molecule has 2 atom stereocenters. The lowest BCUT2D eigenvalue weighted by Gasteiger charge is -2.15. The third kappa shape index (κ3) is 24.7. The van der Waals surface area contributed by atoms with Crippen LogP contribution in [0.1, 0.15) is 103 Å². The summed E-state index contributed by atoms with van der Waals surface area (Å²) < 4.78 is 0. The van der Waals surface area contributed by atoms with E-state index in [1.165, 1.54) is 12.2 Å². The summed E-state index contributed by atoms with van der Waals surface area (Å²) in [6, 6.07) is -0.912. The minimum Gasteiger partial charge on any atom is -0.480 e. The molecular weight excluding hydrogens is 577 g/mol. The zero-order chi connectivity index (χ0) is 31.2. The van der Waals surface area contributed by atoms with Crippen LogP contribution >= 0.6 is 21.6 Å². The first kappa shape index (κ1) is 38.6. The van der Waals surface area contributed by atoms with Gasteiger partial charge in [0.2, 0.25) is 11.8 Å². The van der Waals surface area contributed by atoms with Crippen molar-refractivity contribution in [3.63, 3.8) is 0 Å². The SMILES string of the molecule is CCC=CCC=CCC=CCC=CCC=CCC=CCCC(=O)NCCC[C@H](NC(=O)CCCC[C@@H]1CCSS1)C(=O)O. The zero-order valence-corrected chi connectivity index (χ0v) is 27.7. The van der Waals surface area contributed by atoms with Gasteiger partial charge < -0.3 is 15.7 Å². The molecule has 0 aromatic heterocycles. The molecule has 1 saturated heterocycles. The predicted octanol–water partition coefficient (Wildman–Crippen LogP) is 8.64. The Morgan fingerprint density at radius 2 is 1.35 bits per heavy atom. The highest BCUT2D eigenvalue weighted by atomic mass is 33.1. The fourth-order valence-electron chi connectivity index (χ4n) is 4.22. The number of carboxylic acid groups (broad SMARTS) is 1. The Morgan fingerprint density at radius 3 is 1.88 bits per heavy atom. The van der Waals surface area contributed by atoms with Crippen LogP contribution in [0, 0.1) is 0 Å². The van der Waals surface area contributed by atoms with Gasteiger partial charge in [0.1, 0.15) is 6.04 Å². The molecule has 1 rings (SSSR count). The molecule has 1 fully saturated rings. The Morgan fingerprint density at radius 1 is 0.767 bits per heavy atom. The highest BCUT2D eigenvalue weighted by Gasteiger charge is 2.20. The molecule has 8 heteroatoms. The number of nitrogens with one attached hydrogen (secondary N) is 2. The van der Waals surface area contributed by atoms with Crippen molar-refractivity contribution >= 4 is 39.4 Å². The predicted molar refractivity (Wildman–Crippen MR) is 186 cm³/mol. The molecule has 3 N–H and O–H groups in total. The summed E-state index contributed by atoms with van der Waals surface area (Å²) in [6.07, 6.45) is 38.0. The van der Waals surface area contributed by atoms with Crippen molar-refractivity contribution in [2.24, 2.45) is 0 Å². The minimum atomic E-state index is -1.03. The zero-order valence-electron chi connectivity index (χ0n) is 26.1. The Hall–Kier alpha value is -2.45. The number of aliphatic carboxylic acids is 1. The topological polar surface area (TPSA) is 95.5 Å². The molecule has 0 saturated carbocycles. The largest absolute Gasteiger partial charge is 0.480 e. The molecular formula is C35H54N2O4S2. The van der Waals surface area contributed by atoms with Gasteiger partial charge >= 0.3 is 5.97 Å². The highest BCUT2D eigenvalue weighted by molar-refractivity contribution is 8.77. The number of amides is 2. The Balaban J connectivity index is 2.02. The second-order valence-electron chi connectivity index (χ2n) is 10.5. The molecule has 0 aliphatic carbocycles. The molecule has 43 heavy (non-hydrogen) atoms. The summed E-state index contributed by atoms with van der Waals surface area (Å²) in [5.41, 5.74) is 0. The van der Waals surface area contributed by atoms with Gasteiger partial charge in [0, 0.05) is 30.4 Å². The molecule has 2 amide bonds. The van der Waals surface area contributed by atoms with Gasteiger partial charge in [-0.2, -0.15) is 0 Å². The molecule has 0 radical (unpaired) electrons. The highest BCUT2D eigenvalue weighted by Crippen LogP contribution is 2.39. The van der Waals surface area contributed by atoms with E-state index in [9.17, 15) is 19.5 Å². The van der Waals surface area contributed by atoms with Gasteiger partial charge in [0.15, 0.2) is 0 Å². The van der Waals surface area contributed by atoms with Crippen molar-refractivity contribution in [3.05, 3.63) is 72.9 Å². The minimum absolute atomic E-state index is 0.0470. The third-order valence-corrected chi connectivity index (χ3v) is 9.67. The van der Waals surface area contributed by atoms with Crippen molar-refractivity contribution in [2.75, 3.05) is 12.3 Å². The van der Waals surface area contributed by atoms with Gasteiger partial charge in [0.25, 0.3) is 0 Å². The van der Waals surface area contributed by atoms with Crippen LogP contribution in [0.25, 0.3) is 0 Å². The number of unbranched alkanes of at least 4 members (excludes halogenated alkanes) is 1. The fourth-order valence-corrected chi connectivity index (χ4v) is 7.25. The summed E-state index contributed by atoms with van der Waals surface area (Å²) in [4.78, 5) is 35.8. The smallest absolute Gasteiger partial charge is 0.326 e. The Bertz CT molecular complexity index is 934. The van der Waals surface area contributed by atoms with Crippen molar-refractivity contribution < 1.29 is 19.5 Å². The summed E-state index contributed by atoms with van der Waals surface area (Å²) in [7, 11) is 3.86. The average molecular weight is 631 g/mol. The van der Waals surface area contributed by atoms with E-state index in [1.807, 2.05) is 27.7 Å². The van der Waals surface area contributed by atoms with Crippen LogP contribution in [0.3, 0.4) is 0 Å². The van der Waals surface area contributed by atoms with E-state index in [0.717, 1.165) is 57.8 Å². The molecule has 0 aromatic carbocycles. The van der Waals surface area contributed by atoms with E-state index < -0.39 is 12.0 Å².